The number of nitrogens with zero attached hydrogens (tertiary/aromatic N) is 2. The molecule has 168 valence electrons. The van der Waals surface area contributed by atoms with Crippen LogP contribution in [0.1, 0.15) is 6.92 Å². The molecule has 2 N–H and O–H groups in total. The Morgan fingerprint density at radius 2 is 1.88 bits per heavy atom. The highest BCUT2D eigenvalue weighted by Crippen LogP contribution is 2.31. The van der Waals surface area contributed by atoms with Gasteiger partial charge in [0.25, 0.3) is 5.56 Å². The first-order chi connectivity index (χ1) is 15.8. The number of hydrogen-bond donors (Lipinski definition) is 2. The van der Waals surface area contributed by atoms with E-state index in [1.54, 1.807) is 30.3 Å². The number of carbonyl (C=O) groups excluding carboxylic acids is 2. The number of anilines is 2. The van der Waals surface area contributed by atoms with Crippen molar-refractivity contribution in [1.29, 1.82) is 0 Å². The van der Waals surface area contributed by atoms with Gasteiger partial charge in [0.1, 0.15) is 17.0 Å². The molecule has 2 aromatic heterocycles. The summed E-state index contributed by atoms with van der Waals surface area (Å²) in [5.41, 5.74) is 2.07. The van der Waals surface area contributed by atoms with Gasteiger partial charge in [0.05, 0.1) is 24.6 Å². The van der Waals surface area contributed by atoms with Gasteiger partial charge in [0.2, 0.25) is 11.8 Å². The molecule has 0 saturated heterocycles. The molecule has 0 aliphatic rings. The summed E-state index contributed by atoms with van der Waals surface area (Å²) < 4.78 is 6.99. The zero-order chi connectivity index (χ0) is 23.5. The molecule has 2 amide bonds. The second kappa shape index (κ2) is 9.43. The van der Waals surface area contributed by atoms with Crippen LogP contribution in [0.5, 0.6) is 5.75 Å². The number of rotatable bonds is 6. The van der Waals surface area contributed by atoms with Gasteiger partial charge in [0, 0.05) is 22.5 Å². The molecule has 0 radical (unpaired) electrons. The first-order valence-corrected chi connectivity index (χ1v) is 11.0. The van der Waals surface area contributed by atoms with Crippen molar-refractivity contribution in [2.24, 2.45) is 0 Å². The van der Waals surface area contributed by atoms with Crippen LogP contribution >= 0.6 is 22.9 Å². The Labute approximate surface area is 197 Å². The van der Waals surface area contributed by atoms with Gasteiger partial charge in [-0.1, -0.05) is 23.7 Å². The molecule has 10 heteroatoms. The van der Waals surface area contributed by atoms with Crippen molar-refractivity contribution in [3.63, 3.8) is 0 Å². The molecule has 0 fully saturated rings. The molecular formula is C23H19ClN4O4S. The maximum atomic E-state index is 13.0. The van der Waals surface area contributed by atoms with Crippen LogP contribution in [0.2, 0.25) is 5.02 Å². The minimum Gasteiger partial charge on any atom is -0.495 e. The Bertz CT molecular complexity index is 1410. The van der Waals surface area contributed by atoms with E-state index in [9.17, 15) is 14.4 Å². The summed E-state index contributed by atoms with van der Waals surface area (Å²) >= 11 is 7.26. The Morgan fingerprint density at radius 3 is 2.58 bits per heavy atom. The first-order valence-electron chi connectivity index (χ1n) is 9.84. The van der Waals surface area contributed by atoms with E-state index in [0.717, 1.165) is 10.4 Å². The number of amides is 2. The average molecular weight is 483 g/mol. The lowest BCUT2D eigenvalue weighted by Gasteiger charge is -2.13. The van der Waals surface area contributed by atoms with Gasteiger partial charge in [-0.25, -0.2) is 4.98 Å². The second-order valence-electron chi connectivity index (χ2n) is 7.15. The minimum atomic E-state index is -0.439. The van der Waals surface area contributed by atoms with Crippen LogP contribution in [-0.4, -0.2) is 28.5 Å². The van der Waals surface area contributed by atoms with Crippen molar-refractivity contribution in [2.45, 2.75) is 13.5 Å². The fourth-order valence-corrected chi connectivity index (χ4v) is 4.44. The molecule has 2 heterocycles. The van der Waals surface area contributed by atoms with Gasteiger partial charge in [-0.05, 0) is 42.0 Å². The highest BCUT2D eigenvalue weighted by atomic mass is 35.5. The predicted molar refractivity (Wildman–Crippen MR) is 130 cm³/mol. The van der Waals surface area contributed by atoms with E-state index in [1.807, 2.05) is 18.2 Å². The van der Waals surface area contributed by atoms with Crippen LogP contribution in [0, 0.1) is 0 Å². The smallest absolute Gasteiger partial charge is 0.271 e. The van der Waals surface area contributed by atoms with Gasteiger partial charge in [-0.15, -0.1) is 11.3 Å². The maximum absolute atomic E-state index is 13.0. The molecular weight excluding hydrogens is 464 g/mol. The molecule has 8 nitrogen and oxygen atoms in total. The lowest BCUT2D eigenvalue weighted by Crippen LogP contribution is -2.27. The monoisotopic (exact) mass is 482 g/mol. The minimum absolute atomic E-state index is 0.233. The number of fused-ring (bicyclic) bond motifs is 1. The van der Waals surface area contributed by atoms with Crippen LogP contribution < -0.4 is 20.9 Å². The maximum Gasteiger partial charge on any atom is 0.271 e. The van der Waals surface area contributed by atoms with E-state index < -0.39 is 5.91 Å². The molecule has 4 rings (SSSR count). The Balaban J connectivity index is 1.57. The fraction of sp³-hybridized carbons (Fsp3) is 0.130. The van der Waals surface area contributed by atoms with Gasteiger partial charge in [-0.3, -0.25) is 19.0 Å². The van der Waals surface area contributed by atoms with E-state index in [0.29, 0.717) is 32.4 Å². The van der Waals surface area contributed by atoms with Gasteiger partial charge in [0.15, 0.2) is 0 Å². The van der Waals surface area contributed by atoms with Crippen molar-refractivity contribution >= 4 is 56.3 Å². The van der Waals surface area contributed by atoms with E-state index >= 15 is 0 Å². The summed E-state index contributed by atoms with van der Waals surface area (Å²) in [5.74, 6) is -0.257. The summed E-state index contributed by atoms with van der Waals surface area (Å²) in [7, 11) is 1.47. The first kappa shape index (κ1) is 22.5. The third-order valence-electron chi connectivity index (χ3n) is 4.74. The topological polar surface area (TPSA) is 102 Å². The Hall–Kier alpha value is -3.69. The highest BCUT2D eigenvalue weighted by Gasteiger charge is 2.14. The summed E-state index contributed by atoms with van der Waals surface area (Å²) in [6, 6.07) is 14.0. The van der Waals surface area contributed by atoms with E-state index in [1.165, 1.54) is 36.3 Å². The zero-order valence-electron chi connectivity index (χ0n) is 17.7. The molecule has 0 spiro atoms. The van der Waals surface area contributed by atoms with E-state index in [2.05, 4.69) is 15.6 Å². The van der Waals surface area contributed by atoms with Crippen LogP contribution in [0.15, 0.2) is 59.7 Å². The number of benzene rings is 2. The molecule has 0 atom stereocenters. The third-order valence-corrected chi connectivity index (χ3v) is 6.15. The lowest BCUT2D eigenvalue weighted by atomic mass is 10.2. The number of hydrogen-bond acceptors (Lipinski definition) is 6. The number of thiophene rings is 1. The summed E-state index contributed by atoms with van der Waals surface area (Å²) in [4.78, 5) is 42.2. The van der Waals surface area contributed by atoms with Crippen molar-refractivity contribution in [2.75, 3.05) is 17.7 Å². The third kappa shape index (κ3) is 5.05. The van der Waals surface area contributed by atoms with Crippen LogP contribution in [-0.2, 0) is 16.1 Å². The molecule has 33 heavy (non-hydrogen) atoms. The van der Waals surface area contributed by atoms with Crippen molar-refractivity contribution < 1.29 is 14.3 Å². The second-order valence-corrected chi connectivity index (χ2v) is 8.64. The molecule has 4 aromatic rings. The van der Waals surface area contributed by atoms with Crippen LogP contribution in [0.3, 0.4) is 0 Å². The number of ether oxygens (including phenoxy) is 1. The van der Waals surface area contributed by atoms with Gasteiger partial charge >= 0.3 is 0 Å². The van der Waals surface area contributed by atoms with Crippen molar-refractivity contribution in [1.82, 2.24) is 9.55 Å². The number of halogens is 1. The van der Waals surface area contributed by atoms with Crippen LogP contribution in [0.25, 0.3) is 20.7 Å². The number of methoxy groups -OCH3 is 1. The number of carbonyl (C=O) groups is 2. The normalized spacial score (nSPS) is 10.8. The van der Waals surface area contributed by atoms with E-state index in [-0.39, 0.29) is 18.0 Å². The fourth-order valence-electron chi connectivity index (χ4n) is 3.25. The summed E-state index contributed by atoms with van der Waals surface area (Å²) in [6.45, 7) is 1.16. The average Bonchev–Trinajstić information content (AvgIpc) is 3.21. The van der Waals surface area contributed by atoms with Crippen LogP contribution in [0.4, 0.5) is 11.4 Å². The molecule has 0 aliphatic carbocycles. The lowest BCUT2D eigenvalue weighted by molar-refractivity contribution is -0.117. The van der Waals surface area contributed by atoms with Crippen molar-refractivity contribution in [3.05, 3.63) is 70.2 Å². The summed E-state index contributed by atoms with van der Waals surface area (Å²) in [5, 5.41) is 6.00. The molecule has 0 bridgehead atoms. The van der Waals surface area contributed by atoms with Gasteiger partial charge < -0.3 is 15.4 Å². The highest BCUT2D eigenvalue weighted by molar-refractivity contribution is 7.22. The largest absolute Gasteiger partial charge is 0.495 e. The Kier molecular flexibility index (Phi) is 6.43. The molecule has 0 saturated carbocycles. The molecule has 0 aliphatic heterocycles. The molecule has 2 aromatic carbocycles. The van der Waals surface area contributed by atoms with Gasteiger partial charge in [-0.2, -0.15) is 0 Å². The SMILES string of the molecule is COc1ccc(NC(C)=O)cc1NC(=O)Cn1cnc2cc(-c3ccc(Cl)cc3)sc2c1=O. The summed E-state index contributed by atoms with van der Waals surface area (Å²) in [6.07, 6.45) is 1.35. The standard InChI is InChI=1S/C23H19ClN4O4S/c1-13(29)26-16-7-8-19(32-2)17(9-16)27-21(30)11-28-12-25-18-10-20(33-22(18)23(28)31)14-3-5-15(24)6-4-14/h3-10,12H,11H2,1-2H3,(H,26,29)(H,27,30). The Morgan fingerprint density at radius 1 is 1.12 bits per heavy atom. The number of nitrogens with one attached hydrogen (secondary N) is 2. The van der Waals surface area contributed by atoms with Crippen molar-refractivity contribution in [3.8, 4) is 16.2 Å². The number of aromatic nitrogens is 2. The molecule has 0 unspecified atom stereocenters. The predicted octanol–water partition coefficient (Wildman–Crippen LogP) is 4.38. The zero-order valence-corrected chi connectivity index (χ0v) is 19.3. The van der Waals surface area contributed by atoms with E-state index in [4.69, 9.17) is 16.3 Å². The quantitative estimate of drug-likeness (QED) is 0.424.